The van der Waals surface area contributed by atoms with E-state index in [0.717, 1.165) is 18.8 Å². The van der Waals surface area contributed by atoms with Crippen LogP contribution in [0.4, 0.5) is 17.2 Å². The smallest absolute Gasteiger partial charge is 0.271 e. The lowest BCUT2D eigenvalue weighted by Crippen LogP contribution is -2.30. The molecule has 0 aliphatic heterocycles. The number of nitrogens with one attached hydrogen (secondary N) is 2. The molecule has 1 aromatic heterocycles. The molecule has 6 nitrogen and oxygen atoms in total. The second-order valence-corrected chi connectivity index (χ2v) is 5.76. The first-order valence-electron chi connectivity index (χ1n) is 8.28. The van der Waals surface area contributed by atoms with Crippen molar-refractivity contribution in [1.29, 1.82) is 0 Å². The minimum absolute atomic E-state index is 0.0708. The van der Waals surface area contributed by atoms with Gasteiger partial charge in [0.05, 0.1) is 12.4 Å². The fourth-order valence-corrected chi connectivity index (χ4v) is 2.34. The summed E-state index contributed by atoms with van der Waals surface area (Å²) in [5, 5.41) is 5.98. The molecule has 1 aromatic carbocycles. The summed E-state index contributed by atoms with van der Waals surface area (Å²) >= 11 is 0. The largest absolute Gasteiger partial charge is 0.372 e. The van der Waals surface area contributed by atoms with Gasteiger partial charge in [0.15, 0.2) is 0 Å². The topological polar surface area (TPSA) is 70.2 Å². The van der Waals surface area contributed by atoms with Crippen LogP contribution in [0.5, 0.6) is 0 Å². The molecule has 2 rings (SSSR count). The molecule has 24 heavy (non-hydrogen) atoms. The molecule has 1 heterocycles. The second-order valence-electron chi connectivity index (χ2n) is 5.76. The quantitative estimate of drug-likeness (QED) is 0.817. The van der Waals surface area contributed by atoms with E-state index < -0.39 is 0 Å². The molecule has 1 amide bonds. The summed E-state index contributed by atoms with van der Waals surface area (Å²) in [7, 11) is 0. The van der Waals surface area contributed by atoms with E-state index in [0.29, 0.717) is 11.5 Å². The number of hydrogen-bond donors (Lipinski definition) is 2. The number of benzene rings is 1. The third kappa shape index (κ3) is 4.68. The SMILES string of the molecule is CCN(CC)c1ccc(Nc2cnc(C(=O)NC(C)C)cn2)cc1. The molecule has 0 bridgehead atoms. The lowest BCUT2D eigenvalue weighted by molar-refractivity contribution is 0.0937. The average molecular weight is 327 g/mol. The molecule has 0 aliphatic carbocycles. The van der Waals surface area contributed by atoms with Crippen LogP contribution in [0.2, 0.25) is 0 Å². The summed E-state index contributed by atoms with van der Waals surface area (Å²) in [5.41, 5.74) is 2.43. The average Bonchev–Trinajstić information content (AvgIpc) is 2.57. The van der Waals surface area contributed by atoms with E-state index in [9.17, 15) is 4.79 Å². The van der Waals surface area contributed by atoms with Crippen molar-refractivity contribution in [1.82, 2.24) is 15.3 Å². The summed E-state index contributed by atoms with van der Waals surface area (Å²) in [5.74, 6) is 0.388. The van der Waals surface area contributed by atoms with Crippen molar-refractivity contribution in [2.75, 3.05) is 23.3 Å². The van der Waals surface area contributed by atoms with E-state index in [2.05, 4.69) is 51.5 Å². The van der Waals surface area contributed by atoms with Gasteiger partial charge >= 0.3 is 0 Å². The van der Waals surface area contributed by atoms with Gasteiger partial charge in [-0.25, -0.2) is 9.97 Å². The van der Waals surface area contributed by atoms with Crippen LogP contribution in [0.3, 0.4) is 0 Å². The molecule has 6 heteroatoms. The highest BCUT2D eigenvalue weighted by atomic mass is 16.1. The van der Waals surface area contributed by atoms with Crippen LogP contribution in [0.1, 0.15) is 38.2 Å². The van der Waals surface area contributed by atoms with Crippen LogP contribution in [-0.4, -0.2) is 35.0 Å². The maximum atomic E-state index is 11.8. The predicted molar refractivity (Wildman–Crippen MR) is 97.9 cm³/mol. The van der Waals surface area contributed by atoms with Crippen molar-refractivity contribution in [3.63, 3.8) is 0 Å². The monoisotopic (exact) mass is 327 g/mol. The predicted octanol–water partition coefficient (Wildman–Crippen LogP) is 3.20. The molecule has 2 aromatic rings. The Morgan fingerprint density at radius 2 is 1.75 bits per heavy atom. The van der Waals surface area contributed by atoms with Gasteiger partial charge in [-0.05, 0) is 52.0 Å². The summed E-state index contributed by atoms with van der Waals surface area (Å²) in [6.45, 7) is 10.1. The van der Waals surface area contributed by atoms with Gasteiger partial charge in [0.1, 0.15) is 11.5 Å². The van der Waals surface area contributed by atoms with Gasteiger partial charge < -0.3 is 15.5 Å². The third-order valence-electron chi connectivity index (χ3n) is 3.57. The number of nitrogens with zero attached hydrogens (tertiary/aromatic N) is 3. The van der Waals surface area contributed by atoms with E-state index >= 15 is 0 Å². The molecule has 0 saturated carbocycles. The Bertz CT molecular complexity index is 648. The number of carbonyl (C=O) groups is 1. The Hall–Kier alpha value is -2.63. The highest BCUT2D eigenvalue weighted by Gasteiger charge is 2.09. The Kier molecular flexibility index (Phi) is 6.12. The maximum absolute atomic E-state index is 11.8. The standard InChI is InChI=1S/C18H25N5O/c1-5-23(6-2)15-9-7-14(8-10-15)22-17-12-19-16(11-20-17)18(24)21-13(3)4/h7-13H,5-6H2,1-4H3,(H,20,22)(H,21,24). The van der Waals surface area contributed by atoms with Gasteiger partial charge in [-0.3, -0.25) is 4.79 Å². The van der Waals surface area contributed by atoms with E-state index in [4.69, 9.17) is 0 Å². The number of aromatic nitrogens is 2. The minimum atomic E-state index is -0.215. The molecule has 0 atom stereocenters. The van der Waals surface area contributed by atoms with Gasteiger partial charge in [-0.2, -0.15) is 0 Å². The zero-order chi connectivity index (χ0) is 17.5. The molecule has 0 aliphatic rings. The van der Waals surface area contributed by atoms with Crippen molar-refractivity contribution < 1.29 is 4.79 Å². The summed E-state index contributed by atoms with van der Waals surface area (Å²) in [6.07, 6.45) is 3.04. The number of carbonyl (C=O) groups excluding carboxylic acids is 1. The zero-order valence-electron chi connectivity index (χ0n) is 14.7. The van der Waals surface area contributed by atoms with Crippen LogP contribution >= 0.6 is 0 Å². The number of rotatable bonds is 7. The highest BCUT2D eigenvalue weighted by molar-refractivity contribution is 5.92. The molecule has 0 saturated heterocycles. The molecular weight excluding hydrogens is 302 g/mol. The fourth-order valence-electron chi connectivity index (χ4n) is 2.34. The van der Waals surface area contributed by atoms with E-state index in [1.54, 1.807) is 6.20 Å². The molecule has 0 spiro atoms. The Morgan fingerprint density at radius 3 is 2.25 bits per heavy atom. The van der Waals surface area contributed by atoms with Gasteiger partial charge in [0, 0.05) is 30.5 Å². The minimum Gasteiger partial charge on any atom is -0.372 e. The Balaban J connectivity index is 2.02. The van der Waals surface area contributed by atoms with Gasteiger partial charge in [-0.15, -0.1) is 0 Å². The van der Waals surface area contributed by atoms with Crippen LogP contribution < -0.4 is 15.5 Å². The van der Waals surface area contributed by atoms with Crippen molar-refractivity contribution in [3.05, 3.63) is 42.4 Å². The van der Waals surface area contributed by atoms with E-state index in [1.807, 2.05) is 26.0 Å². The molecule has 2 N–H and O–H groups in total. The van der Waals surface area contributed by atoms with Gasteiger partial charge in [-0.1, -0.05) is 0 Å². The summed E-state index contributed by atoms with van der Waals surface area (Å²) in [4.78, 5) is 22.5. The first kappa shape index (κ1) is 17.7. The van der Waals surface area contributed by atoms with Crippen molar-refractivity contribution in [2.45, 2.75) is 33.7 Å². The lowest BCUT2D eigenvalue weighted by atomic mass is 10.2. The fraction of sp³-hybridized carbons (Fsp3) is 0.389. The maximum Gasteiger partial charge on any atom is 0.271 e. The number of amides is 1. The first-order chi connectivity index (χ1) is 11.5. The Labute approximate surface area is 143 Å². The second kappa shape index (κ2) is 8.29. The van der Waals surface area contributed by atoms with Gasteiger partial charge in [0.2, 0.25) is 0 Å². The molecule has 0 unspecified atom stereocenters. The van der Waals surface area contributed by atoms with Crippen LogP contribution in [0, 0.1) is 0 Å². The van der Waals surface area contributed by atoms with E-state index in [1.165, 1.54) is 11.9 Å². The lowest BCUT2D eigenvalue weighted by Gasteiger charge is -2.21. The molecule has 128 valence electrons. The summed E-state index contributed by atoms with van der Waals surface area (Å²) < 4.78 is 0. The number of hydrogen-bond acceptors (Lipinski definition) is 5. The molecular formula is C18H25N5O. The van der Waals surface area contributed by atoms with Crippen LogP contribution in [-0.2, 0) is 0 Å². The highest BCUT2D eigenvalue weighted by Crippen LogP contribution is 2.20. The first-order valence-corrected chi connectivity index (χ1v) is 8.28. The van der Waals surface area contributed by atoms with Crippen LogP contribution in [0.25, 0.3) is 0 Å². The van der Waals surface area contributed by atoms with Crippen molar-refractivity contribution in [3.8, 4) is 0 Å². The van der Waals surface area contributed by atoms with Crippen molar-refractivity contribution in [2.24, 2.45) is 0 Å². The molecule has 0 radical (unpaired) electrons. The van der Waals surface area contributed by atoms with E-state index in [-0.39, 0.29) is 11.9 Å². The van der Waals surface area contributed by atoms with Gasteiger partial charge in [0.25, 0.3) is 5.91 Å². The normalized spacial score (nSPS) is 10.5. The number of anilines is 3. The zero-order valence-corrected chi connectivity index (χ0v) is 14.7. The summed E-state index contributed by atoms with van der Waals surface area (Å²) in [6, 6.07) is 8.24. The molecule has 0 fully saturated rings. The van der Waals surface area contributed by atoms with Crippen LogP contribution in [0.15, 0.2) is 36.7 Å². The third-order valence-corrected chi connectivity index (χ3v) is 3.57. The Morgan fingerprint density at radius 1 is 1.08 bits per heavy atom. The van der Waals surface area contributed by atoms with Crippen molar-refractivity contribution >= 4 is 23.1 Å².